The number of amides is 1. The highest BCUT2D eigenvalue weighted by Crippen LogP contribution is 2.09. The van der Waals surface area contributed by atoms with Crippen molar-refractivity contribution in [2.45, 2.75) is 52.6 Å². The number of rotatable bonds is 7. The number of guanidine groups is 1. The summed E-state index contributed by atoms with van der Waals surface area (Å²) in [6, 6.07) is 0. The molecule has 0 atom stereocenters. The van der Waals surface area contributed by atoms with E-state index in [1.54, 1.807) is 11.9 Å². The molecule has 1 rings (SSSR count). The van der Waals surface area contributed by atoms with E-state index in [1.807, 2.05) is 27.7 Å². The zero-order valence-corrected chi connectivity index (χ0v) is 19.5. The van der Waals surface area contributed by atoms with Gasteiger partial charge in [0.05, 0.1) is 0 Å². The first-order chi connectivity index (χ1) is 11.9. The first kappa shape index (κ1) is 25.2. The Hall–Kier alpha value is -0.770. The van der Waals surface area contributed by atoms with Gasteiger partial charge in [-0.25, -0.2) is 4.79 Å². The van der Waals surface area contributed by atoms with Crippen molar-refractivity contribution in [3.63, 3.8) is 0 Å². The molecule has 1 aliphatic rings. The highest BCUT2D eigenvalue weighted by molar-refractivity contribution is 14.0. The Kier molecular flexibility index (Phi) is 13.0. The zero-order chi connectivity index (χ0) is 18.7. The fourth-order valence-electron chi connectivity index (χ4n) is 2.75. The number of nitrogens with zero attached hydrogens (tertiary/aromatic N) is 3. The maximum absolute atomic E-state index is 12.1. The minimum absolute atomic E-state index is 0. The zero-order valence-electron chi connectivity index (χ0n) is 17.1. The first-order valence-electron chi connectivity index (χ1n) is 9.50. The monoisotopic (exact) mass is 483 g/mol. The number of likely N-dealkylation sites (tertiary alicyclic amines) is 1. The van der Waals surface area contributed by atoms with Crippen LogP contribution >= 0.6 is 24.0 Å². The van der Waals surface area contributed by atoms with Crippen molar-refractivity contribution in [1.29, 1.82) is 0 Å². The van der Waals surface area contributed by atoms with Gasteiger partial charge in [-0.3, -0.25) is 4.99 Å². The maximum atomic E-state index is 12.1. The van der Waals surface area contributed by atoms with Crippen molar-refractivity contribution in [3.8, 4) is 0 Å². The molecule has 1 saturated heterocycles. The van der Waals surface area contributed by atoms with Crippen LogP contribution in [0.4, 0.5) is 4.79 Å². The third-order valence-corrected chi connectivity index (χ3v) is 4.10. The summed E-state index contributed by atoms with van der Waals surface area (Å²) in [7, 11) is 1.77. The highest BCUT2D eigenvalue weighted by atomic mass is 127. The van der Waals surface area contributed by atoms with E-state index in [0.29, 0.717) is 19.6 Å². The molecule has 0 aliphatic carbocycles. The van der Waals surface area contributed by atoms with E-state index in [2.05, 4.69) is 20.5 Å². The average Bonchev–Trinajstić information content (AvgIpc) is 2.56. The number of piperidine rings is 1. The average molecular weight is 483 g/mol. The molecule has 0 aromatic rings. The number of carbonyl (C=O) groups excluding carboxylic acids is 1. The lowest BCUT2D eigenvalue weighted by molar-refractivity contribution is 0.0264. The molecule has 1 heterocycles. The summed E-state index contributed by atoms with van der Waals surface area (Å²) in [6.07, 6.45) is 3.71. The first-order valence-corrected chi connectivity index (χ1v) is 9.50. The molecule has 0 unspecified atom stereocenters. The molecule has 7 nitrogen and oxygen atoms in total. The predicted molar refractivity (Wildman–Crippen MR) is 119 cm³/mol. The molecule has 0 spiro atoms. The van der Waals surface area contributed by atoms with Crippen LogP contribution in [0.2, 0.25) is 0 Å². The molecule has 0 aromatic heterocycles. The Morgan fingerprint density at radius 2 is 1.77 bits per heavy atom. The van der Waals surface area contributed by atoms with E-state index in [4.69, 9.17) is 4.74 Å². The van der Waals surface area contributed by atoms with Gasteiger partial charge in [0.15, 0.2) is 5.96 Å². The van der Waals surface area contributed by atoms with Crippen LogP contribution in [0.25, 0.3) is 0 Å². The van der Waals surface area contributed by atoms with Crippen LogP contribution in [0.5, 0.6) is 0 Å². The van der Waals surface area contributed by atoms with Gasteiger partial charge in [0.25, 0.3) is 0 Å². The van der Waals surface area contributed by atoms with Gasteiger partial charge in [-0.2, -0.15) is 0 Å². The second-order valence-corrected chi connectivity index (χ2v) is 7.39. The van der Waals surface area contributed by atoms with Gasteiger partial charge in [0.1, 0.15) is 5.60 Å². The maximum Gasteiger partial charge on any atom is 0.410 e. The van der Waals surface area contributed by atoms with Crippen LogP contribution in [0, 0.1) is 0 Å². The minimum Gasteiger partial charge on any atom is -0.444 e. The summed E-state index contributed by atoms with van der Waals surface area (Å²) in [6.45, 7) is 13.8. The van der Waals surface area contributed by atoms with E-state index < -0.39 is 5.60 Å². The number of likely N-dealkylation sites (N-methyl/N-ethyl adjacent to an activating group) is 1. The van der Waals surface area contributed by atoms with Crippen LogP contribution in [0.3, 0.4) is 0 Å². The molecule has 154 valence electrons. The predicted octanol–water partition coefficient (Wildman–Crippen LogP) is 2.51. The van der Waals surface area contributed by atoms with Crippen molar-refractivity contribution in [1.82, 2.24) is 20.4 Å². The number of halogens is 1. The number of nitrogens with one attached hydrogen (secondary N) is 2. The largest absolute Gasteiger partial charge is 0.444 e. The van der Waals surface area contributed by atoms with E-state index >= 15 is 0 Å². The molecule has 0 radical (unpaired) electrons. The van der Waals surface area contributed by atoms with Gasteiger partial charge in [0, 0.05) is 39.8 Å². The Balaban J connectivity index is 0.00000625. The number of carbonyl (C=O) groups is 1. The Bertz CT molecular complexity index is 420. The lowest BCUT2D eigenvalue weighted by Gasteiger charge is -2.27. The van der Waals surface area contributed by atoms with Crippen molar-refractivity contribution >= 4 is 36.0 Å². The third kappa shape index (κ3) is 11.1. The van der Waals surface area contributed by atoms with Crippen molar-refractivity contribution in [3.05, 3.63) is 0 Å². The molecule has 0 aromatic carbocycles. The molecule has 0 saturated carbocycles. The third-order valence-electron chi connectivity index (χ3n) is 4.10. The Labute approximate surface area is 176 Å². The van der Waals surface area contributed by atoms with Crippen LogP contribution < -0.4 is 10.6 Å². The molecule has 26 heavy (non-hydrogen) atoms. The Morgan fingerprint density at radius 1 is 1.15 bits per heavy atom. The molecule has 1 fully saturated rings. The van der Waals surface area contributed by atoms with Gasteiger partial charge in [0.2, 0.25) is 0 Å². The number of hydrogen-bond acceptors (Lipinski definition) is 4. The summed E-state index contributed by atoms with van der Waals surface area (Å²) < 4.78 is 5.41. The molecule has 0 bridgehead atoms. The number of hydrogen-bond donors (Lipinski definition) is 2. The summed E-state index contributed by atoms with van der Waals surface area (Å²) in [5.41, 5.74) is -0.468. The van der Waals surface area contributed by atoms with Crippen LogP contribution in [0.1, 0.15) is 47.0 Å². The standard InChI is InChI=1S/C18H37N5O2.HI/c1-6-23(17(24)25-18(2,3)4)15-11-21-16(19-5)20-10-14-22-12-8-7-9-13-22;/h6-15H2,1-5H3,(H2,19,20,21);1H. The SMILES string of the molecule is CCN(CCNC(=NC)NCCN1CCCCC1)C(=O)OC(C)(C)C.I. The van der Waals surface area contributed by atoms with Crippen molar-refractivity contribution in [2.75, 3.05) is 52.9 Å². The molecule has 1 aliphatic heterocycles. The van der Waals surface area contributed by atoms with Gasteiger partial charge in [-0.15, -0.1) is 24.0 Å². The lowest BCUT2D eigenvalue weighted by Crippen LogP contribution is -2.46. The molecular weight excluding hydrogens is 445 g/mol. The Morgan fingerprint density at radius 3 is 2.31 bits per heavy atom. The second kappa shape index (κ2) is 13.4. The number of aliphatic imine (C=N–C) groups is 1. The fraction of sp³-hybridized carbons (Fsp3) is 0.889. The summed E-state index contributed by atoms with van der Waals surface area (Å²) in [4.78, 5) is 20.5. The van der Waals surface area contributed by atoms with E-state index in [1.165, 1.54) is 32.4 Å². The van der Waals surface area contributed by atoms with E-state index in [-0.39, 0.29) is 30.1 Å². The van der Waals surface area contributed by atoms with Crippen LogP contribution in [-0.2, 0) is 4.74 Å². The number of ether oxygens (including phenoxy) is 1. The second-order valence-electron chi connectivity index (χ2n) is 7.39. The molecule has 8 heteroatoms. The summed E-state index contributed by atoms with van der Waals surface area (Å²) in [5.74, 6) is 0.775. The van der Waals surface area contributed by atoms with Gasteiger partial charge in [-0.1, -0.05) is 6.42 Å². The highest BCUT2D eigenvalue weighted by Gasteiger charge is 2.20. The topological polar surface area (TPSA) is 69.2 Å². The molecule has 2 N–H and O–H groups in total. The van der Waals surface area contributed by atoms with Crippen LogP contribution in [-0.4, -0.2) is 80.3 Å². The molecule has 1 amide bonds. The van der Waals surface area contributed by atoms with E-state index in [9.17, 15) is 4.79 Å². The summed E-state index contributed by atoms with van der Waals surface area (Å²) in [5, 5.41) is 6.60. The quantitative estimate of drug-likeness (QED) is 0.331. The van der Waals surface area contributed by atoms with Gasteiger partial charge in [-0.05, 0) is 53.6 Å². The van der Waals surface area contributed by atoms with Gasteiger partial charge >= 0.3 is 6.09 Å². The smallest absolute Gasteiger partial charge is 0.410 e. The normalized spacial score (nSPS) is 15.8. The van der Waals surface area contributed by atoms with Crippen molar-refractivity contribution < 1.29 is 9.53 Å². The minimum atomic E-state index is -0.468. The fourth-order valence-corrected chi connectivity index (χ4v) is 2.75. The molecular formula is C18H38IN5O2. The lowest BCUT2D eigenvalue weighted by atomic mass is 10.1. The van der Waals surface area contributed by atoms with Crippen molar-refractivity contribution in [2.24, 2.45) is 4.99 Å². The summed E-state index contributed by atoms with van der Waals surface area (Å²) >= 11 is 0. The van der Waals surface area contributed by atoms with Gasteiger partial charge < -0.3 is 25.2 Å². The van der Waals surface area contributed by atoms with Crippen LogP contribution in [0.15, 0.2) is 4.99 Å². The van der Waals surface area contributed by atoms with E-state index in [0.717, 1.165) is 19.0 Å².